The molecule has 0 spiro atoms. The van der Waals surface area contributed by atoms with Crippen LogP contribution in [0.25, 0.3) is 22.3 Å². The Hall–Kier alpha value is -3.95. The van der Waals surface area contributed by atoms with Gasteiger partial charge in [0.2, 0.25) is 0 Å². The number of thioether (sulfide) groups is 1. The Morgan fingerprint density at radius 1 is 0.694 bits per heavy atom. The van der Waals surface area contributed by atoms with Gasteiger partial charge in [-0.2, -0.15) is 20.5 Å². The van der Waals surface area contributed by atoms with E-state index in [-0.39, 0.29) is 16.4 Å². The highest BCUT2D eigenvalue weighted by atomic mass is 32.2. The van der Waals surface area contributed by atoms with Gasteiger partial charge in [0, 0.05) is 22.8 Å². The van der Waals surface area contributed by atoms with Gasteiger partial charge in [-0.05, 0) is 65.8 Å². The first-order chi connectivity index (χ1) is 23.1. The van der Waals surface area contributed by atoms with Crippen LogP contribution in [0.3, 0.4) is 0 Å². The van der Waals surface area contributed by atoms with Crippen LogP contribution >= 0.6 is 11.8 Å². The molecule has 4 nitrogen and oxygen atoms in total. The lowest BCUT2D eigenvalue weighted by Gasteiger charge is -2.29. The molecule has 1 saturated heterocycles. The summed E-state index contributed by atoms with van der Waals surface area (Å²) >= 11 is 1.71. The Morgan fingerprint density at radius 2 is 1.31 bits per heavy atom. The molecule has 0 bridgehead atoms. The van der Waals surface area contributed by atoms with Gasteiger partial charge < -0.3 is 18.9 Å². The molecule has 0 N–H and O–H groups in total. The van der Waals surface area contributed by atoms with Gasteiger partial charge in [0.25, 0.3) is 0 Å². The van der Waals surface area contributed by atoms with E-state index in [9.17, 15) is 22.0 Å². The van der Waals surface area contributed by atoms with Crippen LogP contribution in [-0.2, 0) is 15.6 Å². The average Bonchev–Trinajstić information content (AvgIpc) is 3.01. The van der Waals surface area contributed by atoms with Crippen molar-refractivity contribution in [2.24, 2.45) is 0 Å². The Balaban J connectivity index is 1.29. The normalized spacial score (nSPS) is 16.9. The lowest BCUT2D eigenvalue weighted by atomic mass is 10.00. The van der Waals surface area contributed by atoms with E-state index in [0.717, 1.165) is 42.9 Å². The Labute approximate surface area is 277 Å². The highest BCUT2D eigenvalue weighted by Gasteiger charge is 2.41. The number of rotatable bonds is 11. The Kier molecular flexibility index (Phi) is 11.0. The minimum Gasteiger partial charge on any atom is -0.429 e. The third-order valence-electron chi connectivity index (χ3n) is 7.28. The van der Waals surface area contributed by atoms with Gasteiger partial charge in [-0.15, -0.1) is 13.2 Å². The van der Waals surface area contributed by atoms with E-state index < -0.39 is 76.0 Å². The van der Waals surface area contributed by atoms with Crippen LogP contribution in [-0.4, -0.2) is 30.6 Å². The van der Waals surface area contributed by atoms with E-state index >= 15 is 22.0 Å². The summed E-state index contributed by atoms with van der Waals surface area (Å²) in [6.07, 6.45) is -8.64. The number of hydrogen-bond acceptors (Lipinski definition) is 5. The molecule has 0 radical (unpaired) electrons. The van der Waals surface area contributed by atoms with Crippen LogP contribution < -0.4 is 9.47 Å². The van der Waals surface area contributed by atoms with Crippen molar-refractivity contribution in [2.45, 2.75) is 43.8 Å². The highest BCUT2D eigenvalue weighted by molar-refractivity contribution is 7.99. The van der Waals surface area contributed by atoms with Crippen LogP contribution in [0.4, 0.5) is 43.9 Å². The average molecular weight is 721 g/mol. The van der Waals surface area contributed by atoms with Gasteiger partial charge in [0.1, 0.15) is 34.6 Å². The van der Waals surface area contributed by atoms with E-state index in [0.29, 0.717) is 49.1 Å². The van der Waals surface area contributed by atoms with E-state index in [1.54, 1.807) is 11.8 Å². The number of halogens is 10. The quantitative estimate of drug-likeness (QED) is 0.114. The van der Waals surface area contributed by atoms with E-state index in [1.807, 2.05) is 0 Å². The second kappa shape index (κ2) is 14.9. The molecule has 0 atom stereocenters. The van der Waals surface area contributed by atoms with Crippen molar-refractivity contribution < 1.29 is 62.9 Å². The molecule has 5 rings (SSSR count). The van der Waals surface area contributed by atoms with E-state index in [4.69, 9.17) is 9.47 Å². The van der Waals surface area contributed by atoms with Crippen LogP contribution in [0.1, 0.15) is 37.2 Å². The molecular weight excluding hydrogens is 694 g/mol. The van der Waals surface area contributed by atoms with E-state index in [1.165, 1.54) is 12.1 Å². The van der Waals surface area contributed by atoms with Crippen molar-refractivity contribution in [1.29, 1.82) is 0 Å². The van der Waals surface area contributed by atoms with Gasteiger partial charge in [0.15, 0.2) is 17.9 Å². The van der Waals surface area contributed by atoms with Gasteiger partial charge in [-0.3, -0.25) is 0 Å². The van der Waals surface area contributed by atoms with Crippen molar-refractivity contribution in [2.75, 3.05) is 19.0 Å². The van der Waals surface area contributed by atoms with Crippen LogP contribution in [0, 0.1) is 29.1 Å². The highest BCUT2D eigenvalue weighted by Crippen LogP contribution is 2.39. The number of ether oxygens (including phenoxy) is 4. The molecule has 262 valence electrons. The van der Waals surface area contributed by atoms with Crippen LogP contribution in [0.2, 0.25) is 0 Å². The largest absolute Gasteiger partial charge is 0.573 e. The molecular formula is C34H26F10O4S. The van der Waals surface area contributed by atoms with Gasteiger partial charge in [-0.1, -0.05) is 31.5 Å². The second-order valence-electron chi connectivity index (χ2n) is 10.9. The van der Waals surface area contributed by atoms with Crippen LogP contribution in [0.15, 0.2) is 66.7 Å². The second-order valence-corrected chi connectivity index (χ2v) is 12.3. The summed E-state index contributed by atoms with van der Waals surface area (Å²) in [5, 5.41) is 0.124. The summed E-state index contributed by atoms with van der Waals surface area (Å²) in [5.41, 5.74) is -2.92. The Bertz CT molecular complexity index is 1770. The molecule has 4 aromatic rings. The maximum Gasteiger partial charge on any atom is 0.573 e. The van der Waals surface area contributed by atoms with Crippen molar-refractivity contribution in [3.8, 4) is 33.8 Å². The summed E-state index contributed by atoms with van der Waals surface area (Å²) in [6, 6.07) is 8.70. The minimum atomic E-state index is -5.18. The molecule has 1 fully saturated rings. The van der Waals surface area contributed by atoms with Crippen molar-refractivity contribution in [3.05, 3.63) is 107 Å². The maximum atomic E-state index is 15.1. The lowest BCUT2D eigenvalue weighted by molar-refractivity contribution is -0.275. The monoisotopic (exact) mass is 720 g/mol. The molecule has 15 heteroatoms. The predicted octanol–water partition coefficient (Wildman–Crippen LogP) is 10.7. The van der Waals surface area contributed by atoms with Crippen molar-refractivity contribution in [1.82, 2.24) is 0 Å². The van der Waals surface area contributed by atoms with Crippen LogP contribution in [0.5, 0.6) is 11.5 Å². The van der Waals surface area contributed by atoms with Gasteiger partial charge >= 0.3 is 12.5 Å². The molecule has 1 aliphatic rings. The molecule has 0 saturated carbocycles. The molecule has 4 aromatic carbocycles. The van der Waals surface area contributed by atoms with Crippen molar-refractivity contribution >= 4 is 11.8 Å². The minimum absolute atomic E-state index is 0.124. The molecule has 0 unspecified atom stereocenters. The fourth-order valence-corrected chi connectivity index (χ4v) is 6.09. The predicted molar refractivity (Wildman–Crippen MR) is 161 cm³/mol. The SMILES string of the molecule is CCCCSC1COC(c2ccc(-c3cc(F)c(C(F)(F)Oc4ccc(-c5ccc(OC(F)(F)F)c(F)c5)c(F)c4)c(F)c3)c(F)c2)OC1. The number of benzene rings is 4. The first-order valence-corrected chi connectivity index (χ1v) is 15.8. The van der Waals surface area contributed by atoms with Crippen molar-refractivity contribution in [3.63, 3.8) is 0 Å². The summed E-state index contributed by atoms with van der Waals surface area (Å²) in [5.74, 6) is -8.38. The van der Waals surface area contributed by atoms with E-state index in [2.05, 4.69) is 16.4 Å². The first-order valence-electron chi connectivity index (χ1n) is 14.7. The first kappa shape index (κ1) is 36.3. The topological polar surface area (TPSA) is 36.9 Å². The lowest BCUT2D eigenvalue weighted by Crippen LogP contribution is -2.29. The molecule has 49 heavy (non-hydrogen) atoms. The maximum absolute atomic E-state index is 15.1. The Morgan fingerprint density at radius 3 is 1.90 bits per heavy atom. The number of alkyl halides is 5. The number of hydrogen-bond donors (Lipinski definition) is 0. The molecule has 1 heterocycles. The fourth-order valence-electron chi connectivity index (χ4n) is 4.96. The van der Waals surface area contributed by atoms with Gasteiger partial charge in [0.05, 0.1) is 18.5 Å². The summed E-state index contributed by atoms with van der Waals surface area (Å²) < 4.78 is 161. The summed E-state index contributed by atoms with van der Waals surface area (Å²) in [6.45, 7) is 2.84. The summed E-state index contributed by atoms with van der Waals surface area (Å²) in [4.78, 5) is 0. The molecule has 1 aliphatic heterocycles. The smallest absolute Gasteiger partial charge is 0.429 e. The zero-order chi connectivity index (χ0) is 35.5. The zero-order valence-electron chi connectivity index (χ0n) is 25.4. The zero-order valence-corrected chi connectivity index (χ0v) is 26.2. The molecule has 0 amide bonds. The number of unbranched alkanes of at least 4 members (excludes halogenated alkanes) is 1. The van der Waals surface area contributed by atoms with Gasteiger partial charge in [-0.25, -0.2) is 22.0 Å². The standard InChI is InChI=1S/C34H26F10O4S/c1-2-3-10-49-22-16-45-32(46-17-22)19-4-7-24(25(35)12-19)20-13-28(38)31(29(39)14-20)33(40,41)47-21-6-8-23(26(36)15-21)18-5-9-30(27(37)11-18)48-34(42,43)44/h4-9,11-15,22,32H,2-3,10,16-17H2,1H3. The fraction of sp³-hybridized carbons (Fsp3) is 0.294. The summed E-state index contributed by atoms with van der Waals surface area (Å²) in [7, 11) is 0. The third kappa shape index (κ3) is 8.81. The molecule has 0 aromatic heterocycles. The third-order valence-corrected chi connectivity index (χ3v) is 8.55. The molecule has 0 aliphatic carbocycles.